The van der Waals surface area contributed by atoms with Crippen LogP contribution in [0.15, 0.2) is 0 Å². The van der Waals surface area contributed by atoms with E-state index in [1.807, 2.05) is 0 Å². The first-order valence-corrected chi connectivity index (χ1v) is 9.93. The van der Waals surface area contributed by atoms with Crippen molar-refractivity contribution in [2.45, 2.75) is 77.0 Å². The first kappa shape index (κ1) is 12.5. The smallest absolute Gasteiger partial charge is 0.0324 e. The highest BCUT2D eigenvalue weighted by atomic mass is 14.6. The Hall–Kier alpha value is 0. The molecule has 0 aromatic rings. The Morgan fingerprint density at radius 3 is 0.950 bits per heavy atom. The third-order valence-corrected chi connectivity index (χ3v) is 8.62. The number of hydrogen-bond donors (Lipinski definition) is 0. The van der Waals surface area contributed by atoms with Gasteiger partial charge >= 0.3 is 0 Å². The third-order valence-electron chi connectivity index (χ3n) is 8.62. The molecule has 5 fully saturated rings. The van der Waals surface area contributed by atoms with Gasteiger partial charge in [0.1, 0.15) is 0 Å². The summed E-state index contributed by atoms with van der Waals surface area (Å²) in [5, 5.41) is 0. The average Bonchev–Trinajstić information content (AvgIpc) is 2.52. The first-order valence-electron chi connectivity index (χ1n) is 9.93. The van der Waals surface area contributed by atoms with Crippen molar-refractivity contribution in [2.24, 2.45) is 47.3 Å². The summed E-state index contributed by atoms with van der Waals surface area (Å²) in [4.78, 5) is 0. The maximum absolute atomic E-state index is 1.62. The Morgan fingerprint density at radius 2 is 0.650 bits per heavy atom. The fourth-order valence-electron chi connectivity index (χ4n) is 8.32. The molecule has 0 spiro atoms. The molecule has 0 radical (unpaired) electrons. The molecule has 0 bridgehead atoms. The molecule has 0 saturated heterocycles. The van der Waals surface area contributed by atoms with Crippen molar-refractivity contribution in [3.8, 4) is 0 Å². The molecule has 4 unspecified atom stereocenters. The van der Waals surface area contributed by atoms with E-state index in [2.05, 4.69) is 0 Å². The van der Waals surface area contributed by atoms with Crippen LogP contribution < -0.4 is 0 Å². The highest BCUT2D eigenvalue weighted by molar-refractivity contribution is 5.05. The highest BCUT2D eigenvalue weighted by Crippen LogP contribution is 2.64. The molecule has 4 atom stereocenters. The van der Waals surface area contributed by atoms with Gasteiger partial charge in [-0.2, -0.15) is 0 Å². The van der Waals surface area contributed by atoms with E-state index in [1.54, 1.807) is 77.0 Å². The quantitative estimate of drug-likeness (QED) is 0.533. The summed E-state index contributed by atoms with van der Waals surface area (Å²) < 4.78 is 0. The fraction of sp³-hybridized carbons (Fsp3) is 1.00. The maximum Gasteiger partial charge on any atom is -0.0324 e. The number of fused-ring (bicyclic) bond motifs is 2. The average molecular weight is 272 g/mol. The van der Waals surface area contributed by atoms with Crippen molar-refractivity contribution < 1.29 is 0 Å². The zero-order valence-corrected chi connectivity index (χ0v) is 13.1. The van der Waals surface area contributed by atoms with Crippen molar-refractivity contribution in [2.75, 3.05) is 0 Å². The van der Waals surface area contributed by atoms with Gasteiger partial charge in [0.15, 0.2) is 0 Å². The predicted molar refractivity (Wildman–Crippen MR) is 83.3 cm³/mol. The Kier molecular flexibility index (Phi) is 2.98. The minimum Gasteiger partial charge on any atom is -0.0527 e. The van der Waals surface area contributed by atoms with Crippen LogP contribution in [-0.2, 0) is 0 Å². The van der Waals surface area contributed by atoms with Crippen molar-refractivity contribution in [1.29, 1.82) is 0 Å². The molecule has 5 saturated carbocycles. The molecule has 0 nitrogen and oxygen atoms in total. The first-order chi connectivity index (χ1) is 9.93. The summed E-state index contributed by atoms with van der Waals surface area (Å²) in [6.45, 7) is 0. The second-order valence-electron chi connectivity index (χ2n) is 9.05. The molecule has 0 aliphatic heterocycles. The summed E-state index contributed by atoms with van der Waals surface area (Å²) in [6.07, 6.45) is 19.2. The van der Waals surface area contributed by atoms with Crippen molar-refractivity contribution in [3.63, 3.8) is 0 Å². The summed E-state index contributed by atoms with van der Waals surface area (Å²) in [6, 6.07) is 0. The molecule has 0 N–H and O–H groups in total. The Bertz CT molecular complexity index is 304. The second kappa shape index (κ2) is 4.75. The monoisotopic (exact) mass is 272 g/mol. The van der Waals surface area contributed by atoms with Gasteiger partial charge in [0.05, 0.1) is 0 Å². The lowest BCUT2D eigenvalue weighted by Crippen LogP contribution is -2.55. The van der Waals surface area contributed by atoms with Gasteiger partial charge in [0.2, 0.25) is 0 Å². The van der Waals surface area contributed by atoms with Gasteiger partial charge in [0.25, 0.3) is 0 Å². The summed E-state index contributed by atoms with van der Waals surface area (Å²) in [5.41, 5.74) is 0. The number of rotatable bonds is 0. The zero-order chi connectivity index (χ0) is 13.1. The van der Waals surface area contributed by atoms with Gasteiger partial charge in [-0.25, -0.2) is 0 Å². The fourth-order valence-corrected chi connectivity index (χ4v) is 8.32. The molecular formula is C20H32. The molecule has 5 aliphatic carbocycles. The summed E-state index contributed by atoms with van der Waals surface area (Å²) in [5.74, 6) is 9.44. The Labute approximate surface area is 125 Å². The van der Waals surface area contributed by atoms with E-state index in [1.165, 1.54) is 35.5 Å². The van der Waals surface area contributed by atoms with Gasteiger partial charge in [-0.1, -0.05) is 51.4 Å². The summed E-state index contributed by atoms with van der Waals surface area (Å²) in [7, 11) is 0. The molecule has 0 aromatic heterocycles. The van der Waals surface area contributed by atoms with Crippen molar-refractivity contribution >= 4 is 0 Å². The van der Waals surface area contributed by atoms with Gasteiger partial charge in [-0.3, -0.25) is 0 Å². The minimum atomic E-state index is 1.16. The van der Waals surface area contributed by atoms with Crippen LogP contribution in [-0.4, -0.2) is 0 Å². The summed E-state index contributed by atoms with van der Waals surface area (Å²) >= 11 is 0. The van der Waals surface area contributed by atoms with E-state index in [0.717, 1.165) is 11.8 Å². The Morgan fingerprint density at radius 1 is 0.350 bits per heavy atom. The maximum atomic E-state index is 1.62. The molecule has 0 heterocycles. The van der Waals surface area contributed by atoms with E-state index in [-0.39, 0.29) is 0 Å². The largest absolute Gasteiger partial charge is 0.0527 e. The van der Waals surface area contributed by atoms with Crippen LogP contribution in [0.2, 0.25) is 0 Å². The molecule has 112 valence electrons. The Balaban J connectivity index is 1.55. The lowest BCUT2D eigenvalue weighted by atomic mass is 9.42. The van der Waals surface area contributed by atoms with Crippen molar-refractivity contribution in [3.05, 3.63) is 0 Å². The third kappa shape index (κ3) is 1.66. The van der Waals surface area contributed by atoms with E-state index in [0.29, 0.717) is 0 Å². The van der Waals surface area contributed by atoms with Gasteiger partial charge in [-0.15, -0.1) is 0 Å². The normalized spacial score (nSPS) is 57.6. The van der Waals surface area contributed by atoms with Crippen LogP contribution in [0.5, 0.6) is 0 Å². The van der Waals surface area contributed by atoms with Crippen LogP contribution in [0.3, 0.4) is 0 Å². The van der Waals surface area contributed by atoms with E-state index < -0.39 is 0 Å². The molecular weight excluding hydrogens is 240 g/mol. The molecule has 5 rings (SSSR count). The van der Waals surface area contributed by atoms with Gasteiger partial charge in [-0.05, 0) is 73.0 Å². The SMILES string of the molecule is C1CC2CCCC3C4CCCC5CCCC(C(C1)C23)C54. The van der Waals surface area contributed by atoms with Crippen LogP contribution in [0.4, 0.5) is 0 Å². The second-order valence-corrected chi connectivity index (χ2v) is 9.05. The van der Waals surface area contributed by atoms with Crippen LogP contribution in [0, 0.1) is 47.3 Å². The van der Waals surface area contributed by atoms with E-state index in [9.17, 15) is 0 Å². The van der Waals surface area contributed by atoms with Crippen LogP contribution in [0.25, 0.3) is 0 Å². The molecule has 20 heavy (non-hydrogen) atoms. The predicted octanol–water partition coefficient (Wildman–Crippen LogP) is 5.67. The van der Waals surface area contributed by atoms with Crippen LogP contribution in [0.1, 0.15) is 77.0 Å². The van der Waals surface area contributed by atoms with Crippen molar-refractivity contribution in [1.82, 2.24) is 0 Å². The highest BCUT2D eigenvalue weighted by Gasteiger charge is 2.56. The van der Waals surface area contributed by atoms with Gasteiger partial charge in [0, 0.05) is 0 Å². The lowest BCUT2D eigenvalue weighted by Gasteiger charge is -2.63. The standard InChI is InChI=1S/C20H32/c1-5-13-6-2-11-17-18-12-4-8-14-7-3-10-16(20(14)18)15(9-1)19(13)17/h13-20H,1-12H2. The molecule has 5 aliphatic rings. The molecule has 0 aromatic carbocycles. The minimum absolute atomic E-state index is 1.16. The lowest BCUT2D eigenvalue weighted by molar-refractivity contribution is -0.137. The van der Waals surface area contributed by atoms with Crippen LogP contribution >= 0.6 is 0 Å². The van der Waals surface area contributed by atoms with Gasteiger partial charge < -0.3 is 0 Å². The molecule has 0 amide bonds. The van der Waals surface area contributed by atoms with E-state index >= 15 is 0 Å². The molecule has 0 heteroatoms. The number of hydrogen-bond acceptors (Lipinski definition) is 0. The zero-order valence-electron chi connectivity index (χ0n) is 13.1. The van der Waals surface area contributed by atoms with E-state index in [4.69, 9.17) is 0 Å². The topological polar surface area (TPSA) is 0 Å².